The molecule has 0 aromatic heterocycles. The lowest BCUT2D eigenvalue weighted by molar-refractivity contribution is 0.0255. The van der Waals surface area contributed by atoms with Crippen LogP contribution in [0.25, 0.3) is 0 Å². The minimum Gasteiger partial charge on any atom is -0.490 e. The van der Waals surface area contributed by atoms with Gasteiger partial charge < -0.3 is 9.47 Å². The number of rotatable bonds is 2. The van der Waals surface area contributed by atoms with Crippen molar-refractivity contribution in [3.05, 3.63) is 24.3 Å². The topological polar surface area (TPSA) is 18.5 Å². The first-order valence-electron chi connectivity index (χ1n) is 4.88. The minimum atomic E-state index is 0.314. The molecule has 0 radical (unpaired) electrons. The Balaban J connectivity index is 1.92. The second-order valence-corrected chi connectivity index (χ2v) is 3.94. The van der Waals surface area contributed by atoms with Crippen molar-refractivity contribution in [3.63, 3.8) is 0 Å². The molecule has 14 heavy (non-hydrogen) atoms. The van der Waals surface area contributed by atoms with Crippen molar-refractivity contribution >= 4 is 12.6 Å². The van der Waals surface area contributed by atoms with Gasteiger partial charge in [0.1, 0.15) is 11.9 Å². The van der Waals surface area contributed by atoms with Crippen molar-refractivity contribution in [2.75, 3.05) is 13.2 Å². The molecule has 1 fully saturated rings. The molecule has 0 aliphatic carbocycles. The Morgan fingerprint density at radius 2 is 1.79 bits per heavy atom. The van der Waals surface area contributed by atoms with Crippen LogP contribution >= 0.6 is 12.6 Å². The standard InChI is InChI=1S/C11H14O2S/c14-11-3-1-9(2-4-11)13-10-5-7-12-8-6-10/h1-4,10,14H,5-8H2. The third-order valence-electron chi connectivity index (χ3n) is 2.31. The molecule has 1 aromatic carbocycles. The lowest BCUT2D eigenvalue weighted by atomic mass is 10.1. The van der Waals surface area contributed by atoms with Crippen molar-refractivity contribution in [1.82, 2.24) is 0 Å². The predicted molar refractivity (Wildman–Crippen MR) is 58.2 cm³/mol. The zero-order valence-corrected chi connectivity index (χ0v) is 8.87. The Kier molecular flexibility index (Phi) is 3.32. The Bertz CT molecular complexity index is 278. The second-order valence-electron chi connectivity index (χ2n) is 3.42. The summed E-state index contributed by atoms with van der Waals surface area (Å²) < 4.78 is 11.1. The van der Waals surface area contributed by atoms with Gasteiger partial charge in [0.05, 0.1) is 13.2 Å². The molecule has 1 heterocycles. The fourth-order valence-corrected chi connectivity index (χ4v) is 1.66. The summed E-state index contributed by atoms with van der Waals surface area (Å²) in [6.07, 6.45) is 2.29. The van der Waals surface area contributed by atoms with Crippen LogP contribution in [-0.4, -0.2) is 19.3 Å². The molecule has 0 spiro atoms. The third kappa shape index (κ3) is 2.66. The highest BCUT2D eigenvalue weighted by Crippen LogP contribution is 2.19. The van der Waals surface area contributed by atoms with Crippen molar-refractivity contribution in [2.24, 2.45) is 0 Å². The summed E-state index contributed by atoms with van der Waals surface area (Å²) >= 11 is 4.22. The van der Waals surface area contributed by atoms with Crippen LogP contribution in [0.2, 0.25) is 0 Å². The molecule has 1 aliphatic heterocycles. The van der Waals surface area contributed by atoms with E-state index in [0.29, 0.717) is 6.10 Å². The molecule has 3 heteroatoms. The molecule has 0 bridgehead atoms. The largest absolute Gasteiger partial charge is 0.490 e. The van der Waals surface area contributed by atoms with Crippen molar-refractivity contribution in [2.45, 2.75) is 23.8 Å². The first-order chi connectivity index (χ1) is 6.84. The Labute approximate surface area is 89.6 Å². The molecule has 2 nitrogen and oxygen atoms in total. The van der Waals surface area contributed by atoms with Gasteiger partial charge in [0.15, 0.2) is 0 Å². The van der Waals surface area contributed by atoms with Crippen molar-refractivity contribution in [3.8, 4) is 5.75 Å². The second kappa shape index (κ2) is 4.71. The fourth-order valence-electron chi connectivity index (χ4n) is 1.51. The zero-order chi connectivity index (χ0) is 9.80. The summed E-state index contributed by atoms with van der Waals surface area (Å²) in [6, 6.07) is 7.80. The maximum atomic E-state index is 5.80. The fraction of sp³-hybridized carbons (Fsp3) is 0.455. The first kappa shape index (κ1) is 9.87. The number of thiol groups is 1. The average molecular weight is 210 g/mol. The van der Waals surface area contributed by atoms with Gasteiger partial charge >= 0.3 is 0 Å². The summed E-state index contributed by atoms with van der Waals surface area (Å²) in [5, 5.41) is 0. The van der Waals surface area contributed by atoms with E-state index in [1.807, 2.05) is 24.3 Å². The Morgan fingerprint density at radius 3 is 2.43 bits per heavy atom. The third-order valence-corrected chi connectivity index (χ3v) is 2.61. The molecule has 1 saturated heterocycles. The van der Waals surface area contributed by atoms with E-state index in [0.717, 1.165) is 36.7 Å². The maximum Gasteiger partial charge on any atom is 0.119 e. The molecule has 0 saturated carbocycles. The highest BCUT2D eigenvalue weighted by Gasteiger charge is 2.14. The number of ether oxygens (including phenoxy) is 2. The molecule has 0 amide bonds. The highest BCUT2D eigenvalue weighted by atomic mass is 32.1. The molecular formula is C11H14O2S. The number of hydrogen-bond acceptors (Lipinski definition) is 3. The van der Waals surface area contributed by atoms with Crippen LogP contribution < -0.4 is 4.74 Å². The lowest BCUT2D eigenvalue weighted by Gasteiger charge is -2.23. The first-order valence-corrected chi connectivity index (χ1v) is 5.33. The summed E-state index contributed by atoms with van der Waals surface area (Å²) in [5.41, 5.74) is 0. The van der Waals surface area contributed by atoms with Gasteiger partial charge in [-0.05, 0) is 24.3 Å². The van der Waals surface area contributed by atoms with Crippen LogP contribution in [0.3, 0.4) is 0 Å². The van der Waals surface area contributed by atoms with Crippen LogP contribution in [0.4, 0.5) is 0 Å². The van der Waals surface area contributed by atoms with Gasteiger partial charge in [-0.25, -0.2) is 0 Å². The van der Waals surface area contributed by atoms with Gasteiger partial charge in [-0.1, -0.05) is 0 Å². The molecule has 76 valence electrons. The van der Waals surface area contributed by atoms with E-state index >= 15 is 0 Å². The summed E-state index contributed by atoms with van der Waals surface area (Å²) in [5.74, 6) is 0.926. The normalized spacial score (nSPS) is 18.1. The Hall–Kier alpha value is -0.670. The van der Waals surface area contributed by atoms with Gasteiger partial charge in [-0.15, -0.1) is 12.6 Å². The van der Waals surface area contributed by atoms with Crippen LogP contribution in [0.15, 0.2) is 29.2 Å². The van der Waals surface area contributed by atoms with Gasteiger partial charge in [0.2, 0.25) is 0 Å². The zero-order valence-electron chi connectivity index (χ0n) is 7.98. The minimum absolute atomic E-state index is 0.314. The maximum absolute atomic E-state index is 5.80. The highest BCUT2D eigenvalue weighted by molar-refractivity contribution is 7.80. The summed E-state index contributed by atoms with van der Waals surface area (Å²) in [6.45, 7) is 1.63. The molecule has 1 aliphatic rings. The van der Waals surface area contributed by atoms with Gasteiger partial charge in [0.25, 0.3) is 0 Å². The van der Waals surface area contributed by atoms with E-state index in [1.165, 1.54) is 0 Å². The SMILES string of the molecule is Sc1ccc(OC2CCOCC2)cc1. The summed E-state index contributed by atoms with van der Waals surface area (Å²) in [4.78, 5) is 0.962. The monoisotopic (exact) mass is 210 g/mol. The molecule has 1 aromatic rings. The number of hydrogen-bond donors (Lipinski definition) is 1. The van der Waals surface area contributed by atoms with E-state index < -0.39 is 0 Å². The van der Waals surface area contributed by atoms with Crippen molar-refractivity contribution < 1.29 is 9.47 Å². The van der Waals surface area contributed by atoms with E-state index in [1.54, 1.807) is 0 Å². The van der Waals surface area contributed by atoms with Gasteiger partial charge in [0, 0.05) is 17.7 Å². The summed E-state index contributed by atoms with van der Waals surface area (Å²) in [7, 11) is 0. The molecular weight excluding hydrogens is 196 g/mol. The smallest absolute Gasteiger partial charge is 0.119 e. The van der Waals surface area contributed by atoms with E-state index in [9.17, 15) is 0 Å². The van der Waals surface area contributed by atoms with Crippen LogP contribution in [-0.2, 0) is 4.74 Å². The Morgan fingerprint density at radius 1 is 1.14 bits per heavy atom. The van der Waals surface area contributed by atoms with Gasteiger partial charge in [-0.3, -0.25) is 0 Å². The van der Waals surface area contributed by atoms with Crippen LogP contribution in [0.1, 0.15) is 12.8 Å². The molecule has 0 atom stereocenters. The van der Waals surface area contributed by atoms with E-state index in [2.05, 4.69) is 12.6 Å². The quantitative estimate of drug-likeness (QED) is 0.756. The molecule has 2 rings (SSSR count). The van der Waals surface area contributed by atoms with Crippen LogP contribution in [0, 0.1) is 0 Å². The lowest BCUT2D eigenvalue weighted by Crippen LogP contribution is -2.25. The average Bonchev–Trinajstić information content (AvgIpc) is 2.23. The van der Waals surface area contributed by atoms with Crippen LogP contribution in [0.5, 0.6) is 5.75 Å². The predicted octanol–water partition coefficient (Wildman–Crippen LogP) is 2.53. The van der Waals surface area contributed by atoms with E-state index in [4.69, 9.17) is 9.47 Å². The van der Waals surface area contributed by atoms with E-state index in [-0.39, 0.29) is 0 Å². The van der Waals surface area contributed by atoms with Crippen molar-refractivity contribution in [1.29, 1.82) is 0 Å². The molecule has 0 N–H and O–H groups in total. The van der Waals surface area contributed by atoms with Gasteiger partial charge in [-0.2, -0.15) is 0 Å². The number of benzene rings is 1. The molecule has 0 unspecified atom stereocenters.